The first-order chi connectivity index (χ1) is 8.59. The van der Waals surface area contributed by atoms with Crippen LogP contribution in [0.2, 0.25) is 5.02 Å². The predicted molar refractivity (Wildman–Crippen MR) is 72.4 cm³/mol. The molecule has 0 fully saturated rings. The SMILES string of the molecule is C[C@@H](N)c1cccc(F)c1Sc1ncccc1Cl. The van der Waals surface area contributed by atoms with E-state index < -0.39 is 0 Å². The average molecular weight is 283 g/mol. The van der Waals surface area contributed by atoms with Crippen molar-refractivity contribution >= 4 is 23.4 Å². The van der Waals surface area contributed by atoms with Gasteiger partial charge in [-0.2, -0.15) is 0 Å². The Hall–Kier alpha value is -1.10. The van der Waals surface area contributed by atoms with E-state index in [1.54, 1.807) is 24.4 Å². The summed E-state index contributed by atoms with van der Waals surface area (Å²) in [4.78, 5) is 4.62. The van der Waals surface area contributed by atoms with Crippen LogP contribution in [0.3, 0.4) is 0 Å². The molecule has 0 unspecified atom stereocenters. The maximum atomic E-state index is 13.9. The smallest absolute Gasteiger partial charge is 0.137 e. The summed E-state index contributed by atoms with van der Waals surface area (Å²) in [6.45, 7) is 1.82. The van der Waals surface area contributed by atoms with E-state index in [4.69, 9.17) is 17.3 Å². The first kappa shape index (κ1) is 13.3. The quantitative estimate of drug-likeness (QED) is 0.923. The second-order valence-corrected chi connectivity index (χ2v) is 5.25. The highest BCUT2D eigenvalue weighted by Gasteiger charge is 2.14. The van der Waals surface area contributed by atoms with Crippen LogP contribution >= 0.6 is 23.4 Å². The van der Waals surface area contributed by atoms with Crippen molar-refractivity contribution in [2.45, 2.75) is 22.9 Å². The molecular formula is C13H12ClFN2S. The molecule has 2 N–H and O–H groups in total. The minimum absolute atomic E-state index is 0.245. The van der Waals surface area contributed by atoms with E-state index in [1.807, 2.05) is 13.0 Å². The van der Waals surface area contributed by atoms with Gasteiger partial charge in [0.25, 0.3) is 0 Å². The molecule has 1 atom stereocenters. The molecule has 0 aliphatic heterocycles. The Morgan fingerprint density at radius 3 is 2.78 bits per heavy atom. The van der Waals surface area contributed by atoms with Crippen LogP contribution in [0.25, 0.3) is 0 Å². The molecule has 1 heterocycles. The molecule has 2 rings (SSSR count). The maximum Gasteiger partial charge on any atom is 0.137 e. The zero-order chi connectivity index (χ0) is 13.1. The zero-order valence-corrected chi connectivity index (χ0v) is 11.3. The molecule has 18 heavy (non-hydrogen) atoms. The number of pyridine rings is 1. The van der Waals surface area contributed by atoms with Crippen LogP contribution in [-0.4, -0.2) is 4.98 Å². The lowest BCUT2D eigenvalue weighted by Gasteiger charge is -2.13. The highest BCUT2D eigenvalue weighted by atomic mass is 35.5. The van der Waals surface area contributed by atoms with Crippen molar-refractivity contribution in [3.63, 3.8) is 0 Å². The van der Waals surface area contributed by atoms with Crippen LogP contribution in [0.4, 0.5) is 4.39 Å². The molecule has 0 amide bonds. The fraction of sp³-hybridized carbons (Fsp3) is 0.154. The summed E-state index contributed by atoms with van der Waals surface area (Å²) in [5.74, 6) is -0.309. The van der Waals surface area contributed by atoms with Gasteiger partial charge in [-0.15, -0.1) is 0 Å². The third-order valence-electron chi connectivity index (χ3n) is 2.41. The van der Waals surface area contributed by atoms with Gasteiger partial charge < -0.3 is 5.73 Å². The fourth-order valence-corrected chi connectivity index (χ4v) is 2.78. The number of halogens is 2. The molecule has 0 radical (unpaired) electrons. The molecule has 1 aromatic heterocycles. The number of benzene rings is 1. The third kappa shape index (κ3) is 2.83. The van der Waals surface area contributed by atoms with Gasteiger partial charge in [0.2, 0.25) is 0 Å². The largest absolute Gasteiger partial charge is 0.324 e. The Morgan fingerprint density at radius 2 is 2.11 bits per heavy atom. The van der Waals surface area contributed by atoms with Gasteiger partial charge >= 0.3 is 0 Å². The van der Waals surface area contributed by atoms with Crippen molar-refractivity contribution in [3.05, 3.63) is 52.9 Å². The maximum absolute atomic E-state index is 13.9. The van der Waals surface area contributed by atoms with Gasteiger partial charge in [0.05, 0.1) is 9.92 Å². The second kappa shape index (κ2) is 5.69. The predicted octanol–water partition coefficient (Wildman–Crippen LogP) is 4.05. The van der Waals surface area contributed by atoms with E-state index in [0.29, 0.717) is 14.9 Å². The number of hydrogen-bond acceptors (Lipinski definition) is 3. The Bertz CT molecular complexity index is 560. The molecule has 5 heteroatoms. The highest BCUT2D eigenvalue weighted by molar-refractivity contribution is 7.99. The van der Waals surface area contributed by atoms with E-state index in [1.165, 1.54) is 17.8 Å². The summed E-state index contributed by atoms with van der Waals surface area (Å²) >= 11 is 7.22. The summed E-state index contributed by atoms with van der Waals surface area (Å²) in [6, 6.07) is 8.09. The van der Waals surface area contributed by atoms with Gasteiger partial charge in [-0.05, 0) is 30.7 Å². The molecular weight excluding hydrogens is 271 g/mol. The summed E-state index contributed by atoms with van der Waals surface area (Å²) in [5, 5.41) is 1.08. The van der Waals surface area contributed by atoms with Gasteiger partial charge in [0.1, 0.15) is 10.8 Å². The minimum atomic E-state index is -0.309. The lowest BCUT2D eigenvalue weighted by molar-refractivity contribution is 0.591. The molecule has 0 aliphatic rings. The molecule has 1 aromatic carbocycles. The van der Waals surface area contributed by atoms with Crippen molar-refractivity contribution in [3.8, 4) is 0 Å². The number of hydrogen-bond donors (Lipinski definition) is 1. The minimum Gasteiger partial charge on any atom is -0.324 e. The lowest BCUT2D eigenvalue weighted by atomic mass is 10.1. The molecule has 0 saturated carbocycles. The van der Waals surface area contributed by atoms with E-state index in [-0.39, 0.29) is 11.9 Å². The Morgan fingerprint density at radius 1 is 1.33 bits per heavy atom. The normalized spacial score (nSPS) is 12.4. The number of nitrogens with two attached hydrogens (primary N) is 1. The molecule has 0 bridgehead atoms. The van der Waals surface area contributed by atoms with Crippen LogP contribution in [0.15, 0.2) is 46.5 Å². The van der Waals surface area contributed by atoms with E-state index in [2.05, 4.69) is 4.98 Å². The summed E-state index contributed by atoms with van der Waals surface area (Å²) in [6.07, 6.45) is 1.63. The molecule has 0 aliphatic carbocycles. The van der Waals surface area contributed by atoms with Gasteiger partial charge in [-0.3, -0.25) is 0 Å². The van der Waals surface area contributed by atoms with Gasteiger partial charge in [-0.1, -0.05) is 35.5 Å². The van der Waals surface area contributed by atoms with E-state index in [9.17, 15) is 4.39 Å². The number of nitrogens with zero attached hydrogens (tertiary/aromatic N) is 1. The van der Waals surface area contributed by atoms with Gasteiger partial charge in [0.15, 0.2) is 0 Å². The Balaban J connectivity index is 2.43. The van der Waals surface area contributed by atoms with E-state index >= 15 is 0 Å². The molecule has 0 spiro atoms. The summed E-state index contributed by atoms with van der Waals surface area (Å²) in [7, 11) is 0. The van der Waals surface area contributed by atoms with Crippen molar-refractivity contribution < 1.29 is 4.39 Å². The first-order valence-corrected chi connectivity index (χ1v) is 6.61. The standard InChI is InChI=1S/C13H12ClFN2S/c1-8(16)9-4-2-6-11(15)12(9)18-13-10(14)5-3-7-17-13/h2-8H,16H2,1H3/t8-/m1/s1. The number of aromatic nitrogens is 1. The third-order valence-corrected chi connectivity index (χ3v) is 3.98. The number of rotatable bonds is 3. The summed E-state index contributed by atoms with van der Waals surface area (Å²) < 4.78 is 13.9. The molecule has 2 nitrogen and oxygen atoms in total. The molecule has 2 aromatic rings. The average Bonchev–Trinajstić information content (AvgIpc) is 2.34. The topological polar surface area (TPSA) is 38.9 Å². The Labute approximate surface area is 114 Å². The fourth-order valence-electron chi connectivity index (χ4n) is 1.53. The van der Waals surface area contributed by atoms with Crippen molar-refractivity contribution in [1.29, 1.82) is 0 Å². The van der Waals surface area contributed by atoms with Gasteiger partial charge in [0, 0.05) is 12.2 Å². The van der Waals surface area contributed by atoms with Crippen molar-refractivity contribution in [1.82, 2.24) is 4.98 Å². The second-order valence-electron chi connectivity index (χ2n) is 3.84. The lowest BCUT2D eigenvalue weighted by Crippen LogP contribution is -2.07. The van der Waals surface area contributed by atoms with Crippen LogP contribution < -0.4 is 5.73 Å². The van der Waals surface area contributed by atoms with E-state index in [0.717, 1.165) is 5.56 Å². The molecule has 0 saturated heterocycles. The van der Waals surface area contributed by atoms with Crippen LogP contribution in [-0.2, 0) is 0 Å². The monoisotopic (exact) mass is 282 g/mol. The Kier molecular flexibility index (Phi) is 4.22. The first-order valence-electron chi connectivity index (χ1n) is 5.42. The van der Waals surface area contributed by atoms with Crippen molar-refractivity contribution in [2.75, 3.05) is 0 Å². The van der Waals surface area contributed by atoms with Crippen LogP contribution in [0.1, 0.15) is 18.5 Å². The highest BCUT2D eigenvalue weighted by Crippen LogP contribution is 2.36. The van der Waals surface area contributed by atoms with Crippen molar-refractivity contribution in [2.24, 2.45) is 5.73 Å². The molecule has 94 valence electrons. The zero-order valence-electron chi connectivity index (χ0n) is 9.73. The van der Waals surface area contributed by atoms with Crippen LogP contribution in [0, 0.1) is 5.82 Å². The van der Waals surface area contributed by atoms with Crippen LogP contribution in [0.5, 0.6) is 0 Å². The summed E-state index contributed by atoms with van der Waals surface area (Å²) in [5.41, 5.74) is 6.59. The van der Waals surface area contributed by atoms with Gasteiger partial charge in [-0.25, -0.2) is 9.37 Å².